The molecule has 0 aromatic heterocycles. The van der Waals surface area contributed by atoms with E-state index in [-0.39, 0.29) is 6.42 Å². The zero-order chi connectivity index (χ0) is 11.8. The van der Waals surface area contributed by atoms with Gasteiger partial charge < -0.3 is 4.74 Å². The standard InChI is InChI=1S/C11H9F3O2/c12-11(13,14)8-6-9(16-10(8)15)7-4-2-1-3-5-7/h1-5,8-9H,6H2/t8-,9-/m1/s1. The van der Waals surface area contributed by atoms with E-state index in [1.807, 2.05) is 0 Å². The highest BCUT2D eigenvalue weighted by atomic mass is 19.4. The molecule has 0 bridgehead atoms. The topological polar surface area (TPSA) is 26.3 Å². The van der Waals surface area contributed by atoms with Crippen molar-refractivity contribution in [2.24, 2.45) is 5.92 Å². The van der Waals surface area contributed by atoms with Crippen LogP contribution in [0.3, 0.4) is 0 Å². The lowest BCUT2D eigenvalue weighted by molar-refractivity contribution is -0.185. The quantitative estimate of drug-likeness (QED) is 0.693. The van der Waals surface area contributed by atoms with Crippen molar-refractivity contribution in [3.63, 3.8) is 0 Å². The largest absolute Gasteiger partial charge is 0.457 e. The zero-order valence-electron chi connectivity index (χ0n) is 8.20. The first-order valence-electron chi connectivity index (χ1n) is 4.80. The van der Waals surface area contributed by atoms with Gasteiger partial charge in [-0.3, -0.25) is 4.79 Å². The molecular weight excluding hydrogens is 221 g/mol. The van der Waals surface area contributed by atoms with Crippen LogP contribution in [-0.2, 0) is 9.53 Å². The van der Waals surface area contributed by atoms with Crippen molar-refractivity contribution in [1.82, 2.24) is 0 Å². The molecule has 0 aliphatic carbocycles. The van der Waals surface area contributed by atoms with E-state index in [2.05, 4.69) is 0 Å². The molecule has 16 heavy (non-hydrogen) atoms. The van der Waals surface area contributed by atoms with Gasteiger partial charge in [0.05, 0.1) is 0 Å². The van der Waals surface area contributed by atoms with E-state index in [9.17, 15) is 18.0 Å². The summed E-state index contributed by atoms with van der Waals surface area (Å²) in [5.41, 5.74) is 0.600. The number of rotatable bonds is 1. The fraction of sp³-hybridized carbons (Fsp3) is 0.364. The van der Waals surface area contributed by atoms with E-state index < -0.39 is 24.2 Å². The van der Waals surface area contributed by atoms with Crippen LogP contribution in [0.15, 0.2) is 30.3 Å². The van der Waals surface area contributed by atoms with E-state index in [1.165, 1.54) is 0 Å². The van der Waals surface area contributed by atoms with Gasteiger partial charge in [-0.05, 0) is 5.56 Å². The Hall–Kier alpha value is -1.52. The summed E-state index contributed by atoms with van der Waals surface area (Å²) in [5.74, 6) is -3.17. The van der Waals surface area contributed by atoms with Gasteiger partial charge in [0.25, 0.3) is 0 Å². The minimum Gasteiger partial charge on any atom is -0.457 e. The molecule has 0 spiro atoms. The molecule has 0 N–H and O–H groups in total. The van der Waals surface area contributed by atoms with Crippen LogP contribution >= 0.6 is 0 Å². The van der Waals surface area contributed by atoms with Crippen molar-refractivity contribution in [3.8, 4) is 0 Å². The molecule has 1 aliphatic heterocycles. The zero-order valence-corrected chi connectivity index (χ0v) is 8.20. The Morgan fingerprint density at radius 3 is 2.31 bits per heavy atom. The summed E-state index contributed by atoms with van der Waals surface area (Å²) in [4.78, 5) is 11.1. The highest BCUT2D eigenvalue weighted by Crippen LogP contribution is 2.41. The maximum atomic E-state index is 12.4. The molecule has 2 rings (SSSR count). The third-order valence-electron chi connectivity index (χ3n) is 2.56. The third kappa shape index (κ3) is 2.03. The Morgan fingerprint density at radius 1 is 1.19 bits per heavy atom. The number of halogens is 3. The highest BCUT2D eigenvalue weighted by molar-refractivity contribution is 5.75. The number of hydrogen-bond donors (Lipinski definition) is 0. The summed E-state index contributed by atoms with van der Waals surface area (Å²) in [6.45, 7) is 0. The van der Waals surface area contributed by atoms with Crippen LogP contribution in [0.5, 0.6) is 0 Å². The Labute approximate surface area is 90.0 Å². The van der Waals surface area contributed by atoms with E-state index in [1.54, 1.807) is 30.3 Å². The first-order chi connectivity index (χ1) is 7.48. The Kier molecular flexibility index (Phi) is 2.61. The summed E-state index contributed by atoms with van der Waals surface area (Å²) in [6, 6.07) is 8.45. The lowest BCUT2D eigenvalue weighted by Gasteiger charge is -2.10. The molecule has 1 aromatic rings. The lowest BCUT2D eigenvalue weighted by Crippen LogP contribution is -2.26. The van der Waals surface area contributed by atoms with E-state index in [4.69, 9.17) is 4.74 Å². The van der Waals surface area contributed by atoms with Crippen molar-refractivity contribution in [3.05, 3.63) is 35.9 Å². The van der Waals surface area contributed by atoms with Crippen LogP contribution < -0.4 is 0 Å². The first kappa shape index (κ1) is 11.0. The Balaban J connectivity index is 2.16. The third-order valence-corrected chi connectivity index (χ3v) is 2.56. The second-order valence-corrected chi connectivity index (χ2v) is 3.67. The van der Waals surface area contributed by atoms with Crippen molar-refractivity contribution < 1.29 is 22.7 Å². The molecule has 5 heteroatoms. The predicted molar refractivity (Wildman–Crippen MR) is 49.4 cm³/mol. The number of carbonyl (C=O) groups is 1. The van der Waals surface area contributed by atoms with Crippen molar-refractivity contribution in [1.29, 1.82) is 0 Å². The number of cyclic esters (lactones) is 1. The van der Waals surface area contributed by atoms with Crippen molar-refractivity contribution in [2.45, 2.75) is 18.7 Å². The lowest BCUT2D eigenvalue weighted by atomic mass is 10.00. The molecule has 0 amide bonds. The summed E-state index contributed by atoms with van der Waals surface area (Å²) >= 11 is 0. The van der Waals surface area contributed by atoms with Crippen LogP contribution in [0, 0.1) is 5.92 Å². The van der Waals surface area contributed by atoms with Crippen LogP contribution in [0.25, 0.3) is 0 Å². The molecular formula is C11H9F3O2. The predicted octanol–water partition coefficient (Wildman–Crippen LogP) is 2.85. The monoisotopic (exact) mass is 230 g/mol. The maximum Gasteiger partial charge on any atom is 0.402 e. The SMILES string of the molecule is O=C1O[C@@H](c2ccccc2)C[C@H]1C(F)(F)F. The van der Waals surface area contributed by atoms with Gasteiger partial charge in [0.15, 0.2) is 5.92 Å². The van der Waals surface area contributed by atoms with Gasteiger partial charge in [-0.2, -0.15) is 13.2 Å². The van der Waals surface area contributed by atoms with Crippen LogP contribution in [0.4, 0.5) is 13.2 Å². The number of esters is 1. The normalized spacial score (nSPS) is 25.6. The average Bonchev–Trinajstić information content (AvgIpc) is 2.61. The molecule has 1 fully saturated rings. The Morgan fingerprint density at radius 2 is 1.81 bits per heavy atom. The Bertz CT molecular complexity index is 386. The fourth-order valence-electron chi connectivity index (χ4n) is 1.72. The fourth-order valence-corrected chi connectivity index (χ4v) is 1.72. The maximum absolute atomic E-state index is 12.4. The number of ether oxygens (including phenoxy) is 1. The minimum absolute atomic E-state index is 0.327. The molecule has 1 heterocycles. The molecule has 86 valence electrons. The van der Waals surface area contributed by atoms with Gasteiger partial charge in [0.2, 0.25) is 0 Å². The van der Waals surface area contributed by atoms with Gasteiger partial charge in [0.1, 0.15) is 6.10 Å². The molecule has 0 unspecified atom stereocenters. The van der Waals surface area contributed by atoms with Crippen LogP contribution in [-0.4, -0.2) is 12.1 Å². The molecule has 2 nitrogen and oxygen atoms in total. The van der Waals surface area contributed by atoms with Crippen molar-refractivity contribution in [2.75, 3.05) is 0 Å². The van der Waals surface area contributed by atoms with E-state index >= 15 is 0 Å². The molecule has 1 aliphatic rings. The van der Waals surface area contributed by atoms with Gasteiger partial charge in [0, 0.05) is 6.42 Å². The number of hydrogen-bond acceptors (Lipinski definition) is 2. The summed E-state index contributed by atoms with van der Waals surface area (Å²) in [6.07, 6.45) is -5.62. The molecule has 0 saturated carbocycles. The second kappa shape index (κ2) is 3.81. The smallest absolute Gasteiger partial charge is 0.402 e. The molecule has 1 saturated heterocycles. The first-order valence-corrected chi connectivity index (χ1v) is 4.80. The van der Waals surface area contributed by atoms with E-state index in [0.717, 1.165) is 0 Å². The number of benzene rings is 1. The molecule has 1 aromatic carbocycles. The van der Waals surface area contributed by atoms with E-state index in [0.29, 0.717) is 5.56 Å². The number of carbonyl (C=O) groups excluding carboxylic acids is 1. The summed E-state index contributed by atoms with van der Waals surface area (Å²) in [7, 11) is 0. The van der Waals surface area contributed by atoms with Gasteiger partial charge in [-0.25, -0.2) is 0 Å². The second-order valence-electron chi connectivity index (χ2n) is 3.67. The average molecular weight is 230 g/mol. The molecule has 2 atom stereocenters. The van der Waals surface area contributed by atoms with Crippen LogP contribution in [0.1, 0.15) is 18.1 Å². The summed E-state index contributed by atoms with van der Waals surface area (Å²) in [5, 5.41) is 0. The van der Waals surface area contributed by atoms with Crippen molar-refractivity contribution >= 4 is 5.97 Å². The van der Waals surface area contributed by atoms with Crippen LogP contribution in [0.2, 0.25) is 0 Å². The highest BCUT2D eigenvalue weighted by Gasteiger charge is 2.52. The van der Waals surface area contributed by atoms with Gasteiger partial charge >= 0.3 is 12.1 Å². The minimum atomic E-state index is -4.51. The van der Waals surface area contributed by atoms with Gasteiger partial charge in [-0.1, -0.05) is 30.3 Å². The van der Waals surface area contributed by atoms with Gasteiger partial charge in [-0.15, -0.1) is 0 Å². The number of alkyl halides is 3. The molecule has 0 radical (unpaired) electrons. The summed E-state index contributed by atoms with van der Waals surface area (Å²) < 4.78 is 41.9.